The van der Waals surface area contributed by atoms with Gasteiger partial charge in [0.05, 0.1) is 17.1 Å². The summed E-state index contributed by atoms with van der Waals surface area (Å²) in [5.74, 6) is 0.240. The van der Waals surface area contributed by atoms with E-state index in [9.17, 15) is 15.4 Å². The van der Waals surface area contributed by atoms with Gasteiger partial charge in [0.15, 0.2) is 5.75 Å². The van der Waals surface area contributed by atoms with E-state index in [1.54, 1.807) is 26.0 Å². The highest BCUT2D eigenvalue weighted by molar-refractivity contribution is 5.48. The van der Waals surface area contributed by atoms with Crippen molar-refractivity contribution >= 4 is 5.69 Å². The molecule has 0 aliphatic carbocycles. The lowest BCUT2D eigenvalue weighted by Crippen LogP contribution is -2.44. The minimum atomic E-state index is -0.716. The summed E-state index contributed by atoms with van der Waals surface area (Å²) in [6.45, 7) is 8.03. The van der Waals surface area contributed by atoms with E-state index in [-0.39, 0.29) is 17.5 Å². The summed E-state index contributed by atoms with van der Waals surface area (Å²) < 4.78 is 5.70. The maximum atomic E-state index is 11.0. The number of nitro groups is 1. The third-order valence-electron chi connectivity index (χ3n) is 3.15. The Bertz CT molecular complexity index is 554. The second-order valence-electron chi connectivity index (χ2n) is 5.34. The summed E-state index contributed by atoms with van der Waals surface area (Å²) in [6, 6.07) is 6.97. The number of benzene rings is 1. The van der Waals surface area contributed by atoms with Crippen molar-refractivity contribution in [3.8, 4) is 11.8 Å². The predicted molar refractivity (Wildman–Crippen MR) is 80.2 cm³/mol. The summed E-state index contributed by atoms with van der Waals surface area (Å²) in [4.78, 5) is 10.6. The molecule has 0 saturated carbocycles. The Hall–Kier alpha value is -2.13. The van der Waals surface area contributed by atoms with Gasteiger partial charge in [-0.3, -0.25) is 15.4 Å². The van der Waals surface area contributed by atoms with Crippen molar-refractivity contribution in [2.75, 3.05) is 6.54 Å². The van der Waals surface area contributed by atoms with Gasteiger partial charge in [0, 0.05) is 12.5 Å². The smallest absolute Gasteiger partial charge is 0.310 e. The van der Waals surface area contributed by atoms with Crippen LogP contribution in [0.15, 0.2) is 18.2 Å². The summed E-state index contributed by atoms with van der Waals surface area (Å²) in [5, 5.41) is 23.4. The van der Waals surface area contributed by atoms with E-state index in [4.69, 9.17) is 4.74 Å². The monoisotopic (exact) mass is 291 g/mol. The van der Waals surface area contributed by atoms with Gasteiger partial charge in [0.25, 0.3) is 0 Å². The number of hydrogen-bond acceptors (Lipinski definition) is 5. The Kier molecular flexibility index (Phi) is 5.68. The molecule has 21 heavy (non-hydrogen) atoms. The van der Waals surface area contributed by atoms with Crippen molar-refractivity contribution in [1.82, 2.24) is 5.32 Å². The first-order chi connectivity index (χ1) is 9.81. The van der Waals surface area contributed by atoms with Crippen LogP contribution in [-0.2, 0) is 0 Å². The standard InChI is InChI=1S/C15H21N3O3/c1-5-17-15(4,10-16)9-12(3)21-14-8-11(2)6-7-13(14)18(19)20/h6-8,12,17H,5,9H2,1-4H3. The Morgan fingerprint density at radius 3 is 2.76 bits per heavy atom. The van der Waals surface area contributed by atoms with E-state index >= 15 is 0 Å². The average Bonchev–Trinajstić information content (AvgIpc) is 2.38. The Labute approximate surface area is 124 Å². The maximum absolute atomic E-state index is 11.0. The van der Waals surface area contributed by atoms with Gasteiger partial charge in [0.2, 0.25) is 0 Å². The van der Waals surface area contributed by atoms with E-state index in [0.29, 0.717) is 13.0 Å². The summed E-state index contributed by atoms with van der Waals surface area (Å²) in [6.07, 6.45) is 0.108. The van der Waals surface area contributed by atoms with Gasteiger partial charge in [-0.15, -0.1) is 0 Å². The Morgan fingerprint density at radius 1 is 1.57 bits per heavy atom. The molecule has 0 heterocycles. The number of aryl methyl sites for hydroxylation is 1. The van der Waals surface area contributed by atoms with Crippen molar-refractivity contribution in [1.29, 1.82) is 5.26 Å². The van der Waals surface area contributed by atoms with Crippen LogP contribution >= 0.6 is 0 Å². The van der Waals surface area contributed by atoms with Crippen LogP contribution < -0.4 is 10.1 Å². The maximum Gasteiger partial charge on any atom is 0.310 e. The van der Waals surface area contributed by atoms with Crippen LogP contribution in [0.3, 0.4) is 0 Å². The molecule has 1 rings (SSSR count). The van der Waals surface area contributed by atoms with Gasteiger partial charge in [0.1, 0.15) is 5.54 Å². The predicted octanol–water partition coefficient (Wildman–Crippen LogP) is 2.95. The number of rotatable bonds is 7. The van der Waals surface area contributed by atoms with Crippen LogP contribution in [0.1, 0.15) is 32.8 Å². The van der Waals surface area contributed by atoms with Gasteiger partial charge in [-0.1, -0.05) is 13.0 Å². The molecule has 0 aliphatic heterocycles. The molecular formula is C15H21N3O3. The highest BCUT2D eigenvalue weighted by atomic mass is 16.6. The van der Waals surface area contributed by atoms with Crippen molar-refractivity contribution in [3.05, 3.63) is 33.9 Å². The average molecular weight is 291 g/mol. The second kappa shape index (κ2) is 7.04. The Morgan fingerprint density at radius 2 is 2.24 bits per heavy atom. The van der Waals surface area contributed by atoms with Crippen molar-refractivity contribution < 1.29 is 9.66 Å². The first kappa shape index (κ1) is 16.9. The van der Waals surface area contributed by atoms with Gasteiger partial charge in [-0.25, -0.2) is 0 Å². The zero-order chi connectivity index (χ0) is 16.0. The summed E-state index contributed by atoms with van der Waals surface area (Å²) >= 11 is 0. The van der Waals surface area contributed by atoms with E-state index in [1.165, 1.54) is 6.07 Å². The van der Waals surface area contributed by atoms with Gasteiger partial charge >= 0.3 is 5.69 Å². The lowest BCUT2D eigenvalue weighted by molar-refractivity contribution is -0.386. The van der Waals surface area contributed by atoms with Crippen LogP contribution in [0.4, 0.5) is 5.69 Å². The molecule has 0 radical (unpaired) electrons. The van der Waals surface area contributed by atoms with E-state index < -0.39 is 10.5 Å². The van der Waals surface area contributed by atoms with Gasteiger partial charge < -0.3 is 4.74 Å². The first-order valence-corrected chi connectivity index (χ1v) is 6.89. The molecule has 0 bridgehead atoms. The molecular weight excluding hydrogens is 270 g/mol. The van der Waals surface area contributed by atoms with Crippen molar-refractivity contribution in [2.45, 2.75) is 45.8 Å². The number of nitriles is 1. The van der Waals surface area contributed by atoms with Crippen LogP contribution in [0.25, 0.3) is 0 Å². The molecule has 0 fully saturated rings. The third kappa shape index (κ3) is 4.72. The second-order valence-corrected chi connectivity index (χ2v) is 5.34. The minimum absolute atomic E-state index is 0.0606. The molecule has 0 spiro atoms. The van der Waals surface area contributed by atoms with E-state index in [0.717, 1.165) is 5.56 Å². The topological polar surface area (TPSA) is 88.2 Å². The lowest BCUT2D eigenvalue weighted by atomic mass is 9.96. The fourth-order valence-corrected chi connectivity index (χ4v) is 2.25. The Balaban J connectivity index is 2.88. The van der Waals surface area contributed by atoms with Crippen molar-refractivity contribution in [2.24, 2.45) is 0 Å². The molecule has 0 aliphatic rings. The molecule has 0 aromatic heterocycles. The van der Waals surface area contributed by atoms with Crippen LogP contribution in [0.5, 0.6) is 5.75 Å². The molecule has 6 nitrogen and oxygen atoms in total. The van der Waals surface area contributed by atoms with E-state index in [2.05, 4.69) is 11.4 Å². The lowest BCUT2D eigenvalue weighted by Gasteiger charge is -2.26. The van der Waals surface area contributed by atoms with E-state index in [1.807, 2.05) is 13.8 Å². The normalized spacial score (nSPS) is 14.8. The first-order valence-electron chi connectivity index (χ1n) is 6.89. The van der Waals surface area contributed by atoms with Crippen LogP contribution in [0, 0.1) is 28.4 Å². The fraction of sp³-hybridized carbons (Fsp3) is 0.533. The molecule has 1 aromatic rings. The van der Waals surface area contributed by atoms with Crippen molar-refractivity contribution in [3.63, 3.8) is 0 Å². The largest absolute Gasteiger partial charge is 0.484 e. The minimum Gasteiger partial charge on any atom is -0.484 e. The molecule has 2 unspecified atom stereocenters. The number of ether oxygens (including phenoxy) is 1. The molecule has 114 valence electrons. The number of nitrogens with one attached hydrogen (secondary N) is 1. The highest BCUT2D eigenvalue weighted by Crippen LogP contribution is 2.29. The molecule has 0 saturated heterocycles. The van der Waals surface area contributed by atoms with Gasteiger partial charge in [-0.05, 0) is 38.9 Å². The molecule has 1 aromatic carbocycles. The number of hydrogen-bond donors (Lipinski definition) is 1. The number of nitrogens with zero attached hydrogens (tertiary/aromatic N) is 2. The zero-order valence-electron chi connectivity index (χ0n) is 12.8. The molecule has 0 amide bonds. The van der Waals surface area contributed by atoms with Gasteiger partial charge in [-0.2, -0.15) is 5.26 Å². The summed E-state index contributed by atoms with van der Waals surface area (Å²) in [7, 11) is 0. The molecule has 1 N–H and O–H groups in total. The van der Waals surface area contributed by atoms with Crippen LogP contribution in [0.2, 0.25) is 0 Å². The number of nitro benzene ring substituents is 1. The zero-order valence-corrected chi connectivity index (χ0v) is 12.8. The van der Waals surface area contributed by atoms with Crippen LogP contribution in [-0.4, -0.2) is 23.1 Å². The SMILES string of the molecule is CCNC(C)(C#N)CC(C)Oc1cc(C)ccc1[N+](=O)[O-]. The summed E-state index contributed by atoms with van der Waals surface area (Å²) in [5.41, 5.74) is 0.111. The molecule has 2 atom stereocenters. The highest BCUT2D eigenvalue weighted by Gasteiger charge is 2.27. The third-order valence-corrected chi connectivity index (χ3v) is 3.15. The fourth-order valence-electron chi connectivity index (χ4n) is 2.25. The molecule has 6 heteroatoms. The quantitative estimate of drug-likeness (QED) is 0.616.